The van der Waals surface area contributed by atoms with Crippen LogP contribution in [0.5, 0.6) is 0 Å². The third-order valence-corrected chi connectivity index (χ3v) is 4.37. The third-order valence-electron chi connectivity index (χ3n) is 4.37. The number of nitrogens with two attached hydrogens (primary N) is 1. The number of amides is 1. The lowest BCUT2D eigenvalue weighted by molar-refractivity contribution is -0.133. The minimum absolute atomic E-state index is 0.294. The van der Waals surface area contributed by atoms with E-state index in [2.05, 4.69) is 13.8 Å². The number of carbonyl (C=O) groups is 1. The number of rotatable bonds is 6. The Morgan fingerprint density at radius 3 is 2.26 bits per heavy atom. The fraction of sp³-hybridized carbons (Fsp3) is 0.938. The molecule has 0 aromatic rings. The van der Waals surface area contributed by atoms with Gasteiger partial charge in [0.25, 0.3) is 0 Å². The van der Waals surface area contributed by atoms with Crippen molar-refractivity contribution in [3.8, 4) is 0 Å². The van der Waals surface area contributed by atoms with Gasteiger partial charge in [-0.15, -0.1) is 0 Å². The monoisotopic (exact) mass is 268 g/mol. The van der Waals surface area contributed by atoms with Gasteiger partial charge in [-0.3, -0.25) is 4.79 Å². The van der Waals surface area contributed by atoms with E-state index >= 15 is 0 Å². The van der Waals surface area contributed by atoms with Crippen molar-refractivity contribution >= 4 is 5.91 Å². The van der Waals surface area contributed by atoms with Crippen molar-refractivity contribution in [2.75, 3.05) is 13.6 Å². The van der Waals surface area contributed by atoms with Crippen LogP contribution in [-0.4, -0.2) is 30.4 Å². The summed E-state index contributed by atoms with van der Waals surface area (Å²) < 4.78 is 0. The van der Waals surface area contributed by atoms with Crippen molar-refractivity contribution in [1.29, 1.82) is 0 Å². The number of hydrogen-bond donors (Lipinski definition) is 1. The molecule has 1 unspecified atom stereocenters. The molecule has 0 radical (unpaired) electrons. The van der Waals surface area contributed by atoms with Gasteiger partial charge < -0.3 is 10.6 Å². The van der Waals surface area contributed by atoms with Gasteiger partial charge >= 0.3 is 0 Å². The highest BCUT2D eigenvalue weighted by atomic mass is 16.2. The van der Waals surface area contributed by atoms with Gasteiger partial charge in [0.15, 0.2) is 0 Å². The first-order chi connectivity index (χ1) is 9.04. The minimum Gasteiger partial charge on any atom is -0.343 e. The number of nitrogens with zero attached hydrogens (tertiary/aromatic N) is 1. The molecular formula is C16H32N2O. The predicted octanol–water partition coefficient (Wildman–Crippen LogP) is 3.18. The van der Waals surface area contributed by atoms with Gasteiger partial charge in [0.05, 0.1) is 0 Å². The van der Waals surface area contributed by atoms with Crippen molar-refractivity contribution < 1.29 is 4.79 Å². The van der Waals surface area contributed by atoms with Crippen LogP contribution in [0.3, 0.4) is 0 Å². The lowest BCUT2D eigenvalue weighted by atomic mass is 9.93. The van der Waals surface area contributed by atoms with Crippen LogP contribution in [0.25, 0.3) is 0 Å². The minimum atomic E-state index is 0.294. The van der Waals surface area contributed by atoms with E-state index in [0.717, 1.165) is 6.42 Å². The summed E-state index contributed by atoms with van der Waals surface area (Å²) in [7, 11) is 1.99. The summed E-state index contributed by atoms with van der Waals surface area (Å²) in [5.41, 5.74) is 5.80. The van der Waals surface area contributed by atoms with Gasteiger partial charge in [-0.2, -0.15) is 0 Å². The summed E-state index contributed by atoms with van der Waals surface area (Å²) in [4.78, 5) is 14.4. The fourth-order valence-electron chi connectivity index (χ4n) is 3.17. The van der Waals surface area contributed by atoms with Crippen molar-refractivity contribution in [2.24, 2.45) is 17.6 Å². The zero-order chi connectivity index (χ0) is 14.3. The molecule has 1 saturated carbocycles. The Kier molecular flexibility index (Phi) is 7.44. The first kappa shape index (κ1) is 16.5. The van der Waals surface area contributed by atoms with E-state index in [1.165, 1.54) is 38.5 Å². The summed E-state index contributed by atoms with van der Waals surface area (Å²) in [6.45, 7) is 5.02. The maximum atomic E-state index is 12.4. The first-order valence-electron chi connectivity index (χ1n) is 8.00. The highest BCUT2D eigenvalue weighted by Crippen LogP contribution is 2.23. The van der Waals surface area contributed by atoms with E-state index in [1.54, 1.807) is 0 Å². The summed E-state index contributed by atoms with van der Waals surface area (Å²) >= 11 is 0. The topological polar surface area (TPSA) is 46.3 Å². The Morgan fingerprint density at radius 2 is 1.79 bits per heavy atom. The molecule has 1 fully saturated rings. The molecule has 0 aromatic heterocycles. The van der Waals surface area contributed by atoms with Crippen LogP contribution < -0.4 is 5.73 Å². The van der Waals surface area contributed by atoms with Crippen LogP contribution in [0.4, 0.5) is 0 Å². The fourth-order valence-corrected chi connectivity index (χ4v) is 3.17. The number of hydrogen-bond acceptors (Lipinski definition) is 2. The van der Waals surface area contributed by atoms with Gasteiger partial charge in [-0.1, -0.05) is 39.5 Å². The maximum absolute atomic E-state index is 12.4. The van der Waals surface area contributed by atoms with Gasteiger partial charge in [0, 0.05) is 19.5 Å². The summed E-state index contributed by atoms with van der Waals surface area (Å²) in [6, 6.07) is 0.465. The highest BCUT2D eigenvalue weighted by molar-refractivity contribution is 5.76. The highest BCUT2D eigenvalue weighted by Gasteiger charge is 2.23. The largest absolute Gasteiger partial charge is 0.343 e. The van der Waals surface area contributed by atoms with Crippen molar-refractivity contribution in [1.82, 2.24) is 4.90 Å². The molecule has 1 atom stereocenters. The molecule has 112 valence electrons. The molecule has 0 saturated heterocycles. The molecule has 1 rings (SSSR count). The average molecular weight is 268 g/mol. The van der Waals surface area contributed by atoms with Gasteiger partial charge in [0.1, 0.15) is 0 Å². The first-order valence-corrected chi connectivity index (χ1v) is 8.00. The van der Waals surface area contributed by atoms with E-state index in [-0.39, 0.29) is 0 Å². The SMILES string of the molecule is CC(C)CC(CN)CC(=O)N(C)C1CCCCCC1. The summed E-state index contributed by atoms with van der Waals surface area (Å²) in [5.74, 6) is 1.26. The van der Waals surface area contributed by atoms with Gasteiger partial charge in [0.2, 0.25) is 5.91 Å². The molecule has 3 heteroatoms. The molecule has 0 aliphatic heterocycles. The molecule has 2 N–H and O–H groups in total. The molecule has 0 bridgehead atoms. The molecule has 0 aromatic carbocycles. The molecule has 3 nitrogen and oxygen atoms in total. The zero-order valence-corrected chi connectivity index (χ0v) is 13.0. The van der Waals surface area contributed by atoms with Crippen LogP contribution in [0.15, 0.2) is 0 Å². The van der Waals surface area contributed by atoms with Crippen LogP contribution in [0.1, 0.15) is 65.2 Å². The standard InChI is InChI=1S/C16H32N2O/c1-13(2)10-14(12-17)11-16(19)18(3)15-8-6-4-5-7-9-15/h13-15H,4-12,17H2,1-3H3. The van der Waals surface area contributed by atoms with Crippen LogP contribution >= 0.6 is 0 Å². The Labute approximate surface area is 118 Å². The van der Waals surface area contributed by atoms with Crippen LogP contribution in [0, 0.1) is 11.8 Å². The van der Waals surface area contributed by atoms with Gasteiger partial charge in [-0.05, 0) is 37.6 Å². The molecular weight excluding hydrogens is 236 g/mol. The quantitative estimate of drug-likeness (QED) is 0.752. The second-order valence-electron chi connectivity index (χ2n) is 6.59. The van der Waals surface area contributed by atoms with E-state index in [1.807, 2.05) is 11.9 Å². The second kappa shape index (κ2) is 8.57. The van der Waals surface area contributed by atoms with Crippen LogP contribution in [-0.2, 0) is 4.79 Å². The molecule has 19 heavy (non-hydrogen) atoms. The smallest absolute Gasteiger partial charge is 0.222 e. The van der Waals surface area contributed by atoms with Crippen molar-refractivity contribution in [3.05, 3.63) is 0 Å². The maximum Gasteiger partial charge on any atom is 0.222 e. The predicted molar refractivity (Wildman–Crippen MR) is 80.9 cm³/mol. The molecule has 1 aliphatic rings. The van der Waals surface area contributed by atoms with Crippen molar-refractivity contribution in [3.63, 3.8) is 0 Å². The zero-order valence-electron chi connectivity index (χ0n) is 13.0. The summed E-state index contributed by atoms with van der Waals surface area (Å²) in [6.07, 6.45) is 9.25. The Morgan fingerprint density at radius 1 is 1.21 bits per heavy atom. The number of carbonyl (C=O) groups excluding carboxylic acids is 1. The lowest BCUT2D eigenvalue weighted by Crippen LogP contribution is -2.38. The second-order valence-corrected chi connectivity index (χ2v) is 6.59. The Hall–Kier alpha value is -0.570. The Bertz CT molecular complexity index is 257. The van der Waals surface area contributed by atoms with E-state index in [0.29, 0.717) is 36.8 Å². The lowest BCUT2D eigenvalue weighted by Gasteiger charge is -2.29. The van der Waals surface area contributed by atoms with Crippen molar-refractivity contribution in [2.45, 2.75) is 71.3 Å². The van der Waals surface area contributed by atoms with Crippen LogP contribution in [0.2, 0.25) is 0 Å². The van der Waals surface area contributed by atoms with E-state index < -0.39 is 0 Å². The normalized spacial score (nSPS) is 19.2. The molecule has 1 amide bonds. The third kappa shape index (κ3) is 5.94. The van der Waals surface area contributed by atoms with Gasteiger partial charge in [-0.25, -0.2) is 0 Å². The molecule has 0 heterocycles. The van der Waals surface area contributed by atoms with E-state index in [9.17, 15) is 4.79 Å². The summed E-state index contributed by atoms with van der Waals surface area (Å²) in [5, 5.41) is 0. The molecule has 1 aliphatic carbocycles. The molecule has 0 spiro atoms. The van der Waals surface area contributed by atoms with E-state index in [4.69, 9.17) is 5.73 Å². The Balaban J connectivity index is 2.45. The average Bonchev–Trinajstić information content (AvgIpc) is 2.65.